The Bertz CT molecular complexity index is 478. The number of fused-ring (bicyclic) bond motifs is 6. The third-order valence-corrected chi connectivity index (χ3v) is 10.5. The van der Waals surface area contributed by atoms with Crippen LogP contribution in [0.5, 0.6) is 0 Å². The molecule has 1 heterocycles. The van der Waals surface area contributed by atoms with Crippen molar-refractivity contribution in [3.63, 3.8) is 0 Å². The van der Waals surface area contributed by atoms with Crippen molar-refractivity contribution in [3.05, 3.63) is 0 Å². The molecule has 124 valence electrons. The van der Waals surface area contributed by atoms with Crippen LogP contribution in [-0.4, -0.2) is 21.7 Å². The summed E-state index contributed by atoms with van der Waals surface area (Å²) < 4.78 is 0. The van der Waals surface area contributed by atoms with Crippen molar-refractivity contribution in [2.75, 3.05) is 0 Å². The molecule has 9 unspecified atom stereocenters. The molecule has 1 aliphatic heterocycles. The quantitative estimate of drug-likeness (QED) is 0.642. The van der Waals surface area contributed by atoms with E-state index in [1.165, 1.54) is 51.4 Å². The average Bonchev–Trinajstić information content (AvgIpc) is 3.23. The van der Waals surface area contributed by atoms with Gasteiger partial charge in [0.05, 0.1) is 6.10 Å². The van der Waals surface area contributed by atoms with Crippen LogP contribution in [0.15, 0.2) is 0 Å². The minimum atomic E-state index is -0.0209. The van der Waals surface area contributed by atoms with Gasteiger partial charge in [0.25, 0.3) is 0 Å². The molecule has 5 fully saturated rings. The van der Waals surface area contributed by atoms with Gasteiger partial charge in [0, 0.05) is 10.5 Å². The first kappa shape index (κ1) is 14.6. The van der Waals surface area contributed by atoms with Crippen molar-refractivity contribution < 1.29 is 5.11 Å². The molecule has 4 aliphatic carbocycles. The van der Waals surface area contributed by atoms with Gasteiger partial charge in [-0.15, -0.1) is 0 Å². The Morgan fingerprint density at radius 3 is 2.59 bits per heavy atom. The molecule has 1 saturated heterocycles. The van der Waals surface area contributed by atoms with E-state index < -0.39 is 0 Å². The lowest BCUT2D eigenvalue weighted by Crippen LogP contribution is -2.57. The summed E-state index contributed by atoms with van der Waals surface area (Å²) in [5.41, 5.74) is 0.880. The van der Waals surface area contributed by atoms with Crippen LogP contribution >= 0.6 is 11.8 Å². The summed E-state index contributed by atoms with van der Waals surface area (Å²) in [6, 6.07) is 0. The second-order valence-electron chi connectivity index (χ2n) is 9.80. The van der Waals surface area contributed by atoms with E-state index >= 15 is 0 Å². The van der Waals surface area contributed by atoms with Crippen molar-refractivity contribution in [3.8, 4) is 0 Å². The highest BCUT2D eigenvalue weighted by Crippen LogP contribution is 2.69. The molecular weight excluding hydrogens is 288 g/mol. The summed E-state index contributed by atoms with van der Waals surface area (Å²) in [5.74, 6) is 3.73. The summed E-state index contributed by atoms with van der Waals surface area (Å²) in [6.07, 6.45) is 12.4. The zero-order valence-corrected chi connectivity index (χ0v) is 15.1. The summed E-state index contributed by atoms with van der Waals surface area (Å²) >= 11 is 2.29. The van der Waals surface area contributed by atoms with E-state index in [1.54, 1.807) is 0 Å². The normalized spacial score (nSPS) is 63.1. The Hall–Kier alpha value is 0.310. The molecule has 0 radical (unpaired) electrons. The number of aliphatic hydroxyl groups is 1. The van der Waals surface area contributed by atoms with Gasteiger partial charge < -0.3 is 5.11 Å². The van der Waals surface area contributed by atoms with Crippen LogP contribution in [0.1, 0.15) is 71.6 Å². The van der Waals surface area contributed by atoms with Gasteiger partial charge >= 0.3 is 0 Å². The van der Waals surface area contributed by atoms with Gasteiger partial charge in [-0.3, -0.25) is 0 Å². The number of thioether (sulfide) groups is 1. The van der Waals surface area contributed by atoms with Crippen molar-refractivity contribution in [1.82, 2.24) is 0 Å². The lowest BCUT2D eigenvalue weighted by atomic mass is 9.43. The maximum atomic E-state index is 10.7. The molecule has 9 atom stereocenters. The Kier molecular flexibility index (Phi) is 3.12. The standard InChI is InChI=1S/C20H32OS/c1-19-9-8-15-13(14(19)4-3-5-18(19)21)7-6-12-10-16-17(22-16)11-20(12,15)2/h12-18,21H,3-11H2,1-2H3. The van der Waals surface area contributed by atoms with E-state index in [0.717, 1.165) is 40.6 Å². The molecule has 22 heavy (non-hydrogen) atoms. The van der Waals surface area contributed by atoms with E-state index in [0.29, 0.717) is 5.41 Å². The van der Waals surface area contributed by atoms with Crippen LogP contribution in [0, 0.1) is 34.5 Å². The van der Waals surface area contributed by atoms with E-state index in [-0.39, 0.29) is 11.5 Å². The van der Waals surface area contributed by atoms with Gasteiger partial charge in [-0.1, -0.05) is 20.3 Å². The monoisotopic (exact) mass is 320 g/mol. The van der Waals surface area contributed by atoms with Crippen LogP contribution in [-0.2, 0) is 0 Å². The molecule has 0 amide bonds. The minimum Gasteiger partial charge on any atom is -0.393 e. The molecular formula is C20H32OS. The Balaban J connectivity index is 1.47. The van der Waals surface area contributed by atoms with Crippen molar-refractivity contribution in [2.24, 2.45) is 34.5 Å². The molecule has 5 rings (SSSR count). The number of hydrogen-bond acceptors (Lipinski definition) is 2. The summed E-state index contributed by atoms with van der Waals surface area (Å²) in [6.45, 7) is 5.10. The molecule has 0 spiro atoms. The largest absolute Gasteiger partial charge is 0.393 e. The molecule has 1 N–H and O–H groups in total. The van der Waals surface area contributed by atoms with E-state index in [4.69, 9.17) is 0 Å². The van der Waals surface area contributed by atoms with Crippen LogP contribution < -0.4 is 0 Å². The number of aliphatic hydroxyl groups excluding tert-OH is 1. The first-order valence-corrected chi connectivity index (χ1v) is 10.8. The molecule has 4 saturated carbocycles. The van der Waals surface area contributed by atoms with Gasteiger partial charge in [-0.2, -0.15) is 11.8 Å². The van der Waals surface area contributed by atoms with Crippen LogP contribution in [0.4, 0.5) is 0 Å². The lowest BCUT2D eigenvalue weighted by molar-refractivity contribution is -0.156. The topological polar surface area (TPSA) is 20.2 Å². The van der Waals surface area contributed by atoms with Crippen molar-refractivity contribution >= 4 is 11.8 Å². The lowest BCUT2D eigenvalue weighted by Gasteiger charge is -2.62. The van der Waals surface area contributed by atoms with Crippen LogP contribution in [0.3, 0.4) is 0 Å². The zero-order chi connectivity index (χ0) is 15.1. The maximum Gasteiger partial charge on any atom is 0.0596 e. The van der Waals surface area contributed by atoms with Crippen molar-refractivity contribution in [2.45, 2.75) is 88.2 Å². The molecule has 5 aliphatic rings. The Morgan fingerprint density at radius 1 is 0.909 bits per heavy atom. The van der Waals surface area contributed by atoms with Gasteiger partial charge in [0.2, 0.25) is 0 Å². The summed E-state index contributed by atoms with van der Waals surface area (Å²) in [5, 5.41) is 12.8. The Morgan fingerprint density at radius 2 is 1.73 bits per heavy atom. The number of rotatable bonds is 0. The molecule has 1 nitrogen and oxygen atoms in total. The predicted octanol–water partition coefficient (Wildman–Crippen LogP) is 4.87. The van der Waals surface area contributed by atoms with Crippen LogP contribution in [0.25, 0.3) is 0 Å². The third kappa shape index (κ3) is 1.83. The highest BCUT2D eigenvalue weighted by atomic mass is 32.2. The smallest absolute Gasteiger partial charge is 0.0596 e. The first-order chi connectivity index (χ1) is 10.5. The fourth-order valence-electron chi connectivity index (χ4n) is 7.69. The fourth-order valence-corrected chi connectivity index (χ4v) is 9.05. The highest BCUT2D eigenvalue weighted by Gasteiger charge is 2.62. The van der Waals surface area contributed by atoms with Gasteiger partial charge in [0.1, 0.15) is 0 Å². The van der Waals surface area contributed by atoms with E-state index in [2.05, 4.69) is 25.6 Å². The van der Waals surface area contributed by atoms with Gasteiger partial charge in [-0.25, -0.2) is 0 Å². The third-order valence-electron chi connectivity index (χ3n) is 9.10. The SMILES string of the molecule is CC12CCC3C(CCC4CC5SC5CC43C)C1CCCC2O. The minimum absolute atomic E-state index is 0.0209. The van der Waals surface area contributed by atoms with E-state index in [9.17, 15) is 5.11 Å². The second-order valence-corrected chi connectivity index (χ2v) is 11.3. The number of hydrogen-bond donors (Lipinski definition) is 1. The molecule has 0 bridgehead atoms. The van der Waals surface area contributed by atoms with Gasteiger partial charge in [0.15, 0.2) is 0 Å². The molecule has 2 heteroatoms. The first-order valence-electron chi connectivity index (χ1n) is 9.86. The second kappa shape index (κ2) is 4.69. The molecule has 0 aromatic heterocycles. The average molecular weight is 321 g/mol. The summed E-state index contributed by atoms with van der Waals surface area (Å²) in [4.78, 5) is 0. The predicted molar refractivity (Wildman–Crippen MR) is 92.9 cm³/mol. The highest BCUT2D eigenvalue weighted by molar-refractivity contribution is 8.07. The summed E-state index contributed by atoms with van der Waals surface area (Å²) in [7, 11) is 0. The zero-order valence-electron chi connectivity index (χ0n) is 14.3. The van der Waals surface area contributed by atoms with Gasteiger partial charge in [-0.05, 0) is 85.9 Å². The molecule has 0 aromatic rings. The van der Waals surface area contributed by atoms with E-state index in [1.807, 2.05) is 0 Å². The van der Waals surface area contributed by atoms with Crippen molar-refractivity contribution in [1.29, 1.82) is 0 Å². The molecule has 0 aromatic carbocycles. The Labute approximate surface area is 140 Å². The van der Waals surface area contributed by atoms with Crippen LogP contribution in [0.2, 0.25) is 0 Å². The fraction of sp³-hybridized carbons (Fsp3) is 1.00. The maximum absolute atomic E-state index is 10.7.